The lowest BCUT2D eigenvalue weighted by Gasteiger charge is -2.12. The predicted octanol–water partition coefficient (Wildman–Crippen LogP) is 5.73. The van der Waals surface area contributed by atoms with Crippen molar-refractivity contribution >= 4 is 11.9 Å². The molecular formula is C20H38O4. The highest BCUT2D eigenvalue weighted by Gasteiger charge is 2.16. The Hall–Kier alpha value is -1.06. The van der Waals surface area contributed by atoms with E-state index in [4.69, 9.17) is 0 Å². The van der Waals surface area contributed by atoms with Crippen molar-refractivity contribution in [1.29, 1.82) is 0 Å². The zero-order valence-corrected chi connectivity index (χ0v) is 15.9. The van der Waals surface area contributed by atoms with Crippen LogP contribution in [-0.4, -0.2) is 24.2 Å². The van der Waals surface area contributed by atoms with Gasteiger partial charge in [0.1, 0.15) is 0 Å². The van der Waals surface area contributed by atoms with E-state index in [1.165, 1.54) is 45.6 Å². The number of esters is 1. The first-order chi connectivity index (χ1) is 11.6. The van der Waals surface area contributed by atoms with Gasteiger partial charge in [-0.3, -0.25) is 9.59 Å². The standard InChI is InChI=1S/C20H38O4/c1-3-4-5-12-15-18(20(22)23)16-13-10-8-6-7-9-11-14-17-19(21)24-2/h18H,3-17H2,1-2H3,(H,22,23)/t18-/m1/s1. The van der Waals surface area contributed by atoms with E-state index in [0.29, 0.717) is 6.42 Å². The summed E-state index contributed by atoms with van der Waals surface area (Å²) in [6.07, 6.45) is 15.8. The van der Waals surface area contributed by atoms with Crippen molar-refractivity contribution in [2.24, 2.45) is 5.92 Å². The second-order valence-corrected chi connectivity index (χ2v) is 6.83. The van der Waals surface area contributed by atoms with Crippen molar-refractivity contribution in [3.8, 4) is 0 Å². The van der Waals surface area contributed by atoms with Gasteiger partial charge < -0.3 is 9.84 Å². The van der Waals surface area contributed by atoms with E-state index in [0.717, 1.165) is 51.4 Å². The molecule has 0 aliphatic rings. The second kappa shape index (κ2) is 16.8. The van der Waals surface area contributed by atoms with Crippen LogP contribution < -0.4 is 0 Å². The van der Waals surface area contributed by atoms with Gasteiger partial charge in [-0.05, 0) is 19.3 Å². The van der Waals surface area contributed by atoms with E-state index in [1.54, 1.807) is 0 Å². The van der Waals surface area contributed by atoms with Crippen LogP contribution in [0.5, 0.6) is 0 Å². The molecule has 0 spiro atoms. The number of hydrogen-bond acceptors (Lipinski definition) is 3. The van der Waals surface area contributed by atoms with Gasteiger partial charge in [0.05, 0.1) is 13.0 Å². The molecule has 0 fully saturated rings. The fourth-order valence-electron chi connectivity index (χ4n) is 3.03. The summed E-state index contributed by atoms with van der Waals surface area (Å²) in [6.45, 7) is 2.17. The minimum absolute atomic E-state index is 0.113. The Morgan fingerprint density at radius 2 is 1.25 bits per heavy atom. The molecule has 0 bridgehead atoms. The van der Waals surface area contributed by atoms with Crippen LogP contribution in [0.3, 0.4) is 0 Å². The molecule has 0 saturated carbocycles. The monoisotopic (exact) mass is 342 g/mol. The van der Waals surface area contributed by atoms with Gasteiger partial charge in [-0.1, -0.05) is 77.6 Å². The quantitative estimate of drug-likeness (QED) is 0.271. The summed E-state index contributed by atoms with van der Waals surface area (Å²) in [5.41, 5.74) is 0. The summed E-state index contributed by atoms with van der Waals surface area (Å²) in [5.74, 6) is -0.866. The van der Waals surface area contributed by atoms with Crippen LogP contribution in [0.15, 0.2) is 0 Å². The van der Waals surface area contributed by atoms with Crippen LogP contribution in [-0.2, 0) is 14.3 Å². The number of carbonyl (C=O) groups excluding carboxylic acids is 1. The zero-order chi connectivity index (χ0) is 18.0. The molecule has 0 amide bonds. The highest BCUT2D eigenvalue weighted by molar-refractivity contribution is 5.69. The SMILES string of the molecule is CCCCCC[C@H](CCCCCCCCCCC(=O)OC)C(=O)O. The van der Waals surface area contributed by atoms with Crippen molar-refractivity contribution in [2.75, 3.05) is 7.11 Å². The molecule has 0 aliphatic carbocycles. The largest absolute Gasteiger partial charge is 0.481 e. The molecule has 0 aromatic carbocycles. The Balaban J connectivity index is 3.45. The van der Waals surface area contributed by atoms with Gasteiger partial charge in [0.15, 0.2) is 0 Å². The molecule has 4 heteroatoms. The van der Waals surface area contributed by atoms with Crippen LogP contribution >= 0.6 is 0 Å². The van der Waals surface area contributed by atoms with E-state index >= 15 is 0 Å². The van der Waals surface area contributed by atoms with Crippen molar-refractivity contribution in [3.63, 3.8) is 0 Å². The van der Waals surface area contributed by atoms with Crippen LogP contribution in [0, 0.1) is 5.92 Å². The summed E-state index contributed by atoms with van der Waals surface area (Å²) in [6, 6.07) is 0. The molecular weight excluding hydrogens is 304 g/mol. The van der Waals surface area contributed by atoms with Crippen LogP contribution in [0.2, 0.25) is 0 Å². The number of methoxy groups -OCH3 is 1. The highest BCUT2D eigenvalue weighted by atomic mass is 16.5. The van der Waals surface area contributed by atoms with Gasteiger partial charge in [-0.2, -0.15) is 0 Å². The lowest BCUT2D eigenvalue weighted by molar-refractivity contribution is -0.142. The minimum Gasteiger partial charge on any atom is -0.481 e. The van der Waals surface area contributed by atoms with Crippen molar-refractivity contribution in [3.05, 3.63) is 0 Å². The summed E-state index contributed by atoms with van der Waals surface area (Å²) >= 11 is 0. The molecule has 0 rings (SSSR count). The summed E-state index contributed by atoms with van der Waals surface area (Å²) < 4.78 is 4.61. The summed E-state index contributed by atoms with van der Waals surface area (Å²) in [7, 11) is 1.43. The van der Waals surface area contributed by atoms with Gasteiger partial charge >= 0.3 is 11.9 Å². The van der Waals surface area contributed by atoms with Crippen LogP contribution in [0.4, 0.5) is 0 Å². The number of rotatable bonds is 17. The molecule has 0 aromatic heterocycles. The van der Waals surface area contributed by atoms with E-state index in [2.05, 4.69) is 11.7 Å². The van der Waals surface area contributed by atoms with Gasteiger partial charge in [0.25, 0.3) is 0 Å². The maximum atomic E-state index is 11.3. The first-order valence-corrected chi connectivity index (χ1v) is 9.91. The molecule has 24 heavy (non-hydrogen) atoms. The molecule has 1 N–H and O–H groups in total. The molecule has 4 nitrogen and oxygen atoms in total. The second-order valence-electron chi connectivity index (χ2n) is 6.83. The Morgan fingerprint density at radius 1 is 0.792 bits per heavy atom. The topological polar surface area (TPSA) is 63.6 Å². The van der Waals surface area contributed by atoms with E-state index in [9.17, 15) is 14.7 Å². The Morgan fingerprint density at radius 3 is 1.71 bits per heavy atom. The number of carboxylic acid groups (broad SMARTS) is 1. The predicted molar refractivity (Wildman–Crippen MR) is 98.1 cm³/mol. The molecule has 0 aromatic rings. The smallest absolute Gasteiger partial charge is 0.306 e. The molecule has 0 heterocycles. The maximum absolute atomic E-state index is 11.3. The summed E-state index contributed by atoms with van der Waals surface area (Å²) in [4.78, 5) is 22.2. The van der Waals surface area contributed by atoms with Crippen molar-refractivity contribution < 1.29 is 19.4 Å². The maximum Gasteiger partial charge on any atom is 0.306 e. The number of unbranched alkanes of at least 4 members (excludes halogenated alkanes) is 10. The van der Waals surface area contributed by atoms with Crippen molar-refractivity contribution in [1.82, 2.24) is 0 Å². The van der Waals surface area contributed by atoms with Gasteiger partial charge in [0.2, 0.25) is 0 Å². The zero-order valence-electron chi connectivity index (χ0n) is 15.9. The fourth-order valence-corrected chi connectivity index (χ4v) is 3.03. The molecule has 0 saturated heterocycles. The van der Waals surface area contributed by atoms with Crippen LogP contribution in [0.1, 0.15) is 103 Å². The van der Waals surface area contributed by atoms with Crippen molar-refractivity contribution in [2.45, 2.75) is 103 Å². The third-order valence-corrected chi connectivity index (χ3v) is 4.67. The number of aliphatic carboxylic acids is 1. The number of hydrogen-bond donors (Lipinski definition) is 1. The lowest BCUT2D eigenvalue weighted by atomic mass is 9.94. The normalized spacial score (nSPS) is 12.1. The molecule has 1 atom stereocenters. The first kappa shape index (κ1) is 22.9. The highest BCUT2D eigenvalue weighted by Crippen LogP contribution is 2.19. The van der Waals surface area contributed by atoms with Crippen LogP contribution in [0.25, 0.3) is 0 Å². The molecule has 142 valence electrons. The lowest BCUT2D eigenvalue weighted by Crippen LogP contribution is -2.13. The Labute approximate surface area is 148 Å². The fraction of sp³-hybridized carbons (Fsp3) is 0.900. The van der Waals surface area contributed by atoms with Gasteiger partial charge in [-0.15, -0.1) is 0 Å². The van der Waals surface area contributed by atoms with Gasteiger partial charge in [0, 0.05) is 6.42 Å². The third-order valence-electron chi connectivity index (χ3n) is 4.67. The number of carboxylic acids is 1. The molecule has 0 radical (unpaired) electrons. The van der Waals surface area contributed by atoms with E-state index < -0.39 is 5.97 Å². The number of carbonyl (C=O) groups is 2. The molecule has 0 unspecified atom stereocenters. The average Bonchev–Trinajstić information content (AvgIpc) is 2.57. The molecule has 0 aliphatic heterocycles. The average molecular weight is 343 g/mol. The Kier molecular flexibility index (Phi) is 16.0. The minimum atomic E-state index is -0.614. The van der Waals surface area contributed by atoms with E-state index in [-0.39, 0.29) is 11.9 Å². The van der Waals surface area contributed by atoms with Gasteiger partial charge in [-0.25, -0.2) is 0 Å². The Bertz CT molecular complexity index is 315. The summed E-state index contributed by atoms with van der Waals surface area (Å²) in [5, 5.41) is 9.28. The third kappa shape index (κ3) is 14.5. The van der Waals surface area contributed by atoms with E-state index in [1.807, 2.05) is 0 Å². The first-order valence-electron chi connectivity index (χ1n) is 9.91. The number of ether oxygens (including phenoxy) is 1.